The monoisotopic (exact) mass is 361 g/mol. The molecule has 3 rings (SSSR count). The second kappa shape index (κ2) is 6.58. The number of halogens is 4. The molecule has 0 amide bonds. The molecule has 1 atom stereocenters. The minimum atomic E-state index is -3.19. The number of H-pyrrole nitrogens is 1. The Hall–Kier alpha value is -3.24. The maximum Gasteiger partial charge on any atom is 0.281 e. The van der Waals surface area contributed by atoms with Gasteiger partial charge in [-0.05, 0) is 30.5 Å². The fourth-order valence-electron chi connectivity index (χ4n) is 2.92. The topological polar surface area (TPSA) is 69.2 Å². The third-order valence-electron chi connectivity index (χ3n) is 4.11. The Morgan fingerprint density at radius 1 is 1.27 bits per heavy atom. The van der Waals surface area contributed by atoms with Crippen LogP contribution < -0.4 is 0 Å². The molecule has 1 aliphatic heterocycles. The van der Waals surface area contributed by atoms with Gasteiger partial charge in [0.15, 0.2) is 0 Å². The standard InChI is InChI=1S/C17H11F4N5/c1-7-9-5-8(3-4-11(9)26-25-7)12-10(6-22)13(16(18)19)24-15(17(20)21)14(12)23-2/h3-5,12,16-17,22H,1H3,(H,25,26). The Balaban J connectivity index is 2.30. The number of hydrogen-bond donors (Lipinski definition) is 2. The Morgan fingerprint density at radius 2 is 2.00 bits per heavy atom. The van der Waals surface area contributed by atoms with Crippen LogP contribution >= 0.6 is 0 Å². The molecule has 2 aromatic rings. The summed E-state index contributed by atoms with van der Waals surface area (Å²) < 4.78 is 53.4. The van der Waals surface area contributed by atoms with Gasteiger partial charge in [0, 0.05) is 16.7 Å². The summed E-state index contributed by atoms with van der Waals surface area (Å²) in [6, 6.07) is 4.68. The highest BCUT2D eigenvalue weighted by Crippen LogP contribution is 2.41. The van der Waals surface area contributed by atoms with E-state index < -0.39 is 41.4 Å². The zero-order valence-corrected chi connectivity index (χ0v) is 13.3. The number of aromatic nitrogens is 2. The van der Waals surface area contributed by atoms with Crippen LogP contribution in [-0.2, 0) is 0 Å². The lowest BCUT2D eigenvalue weighted by atomic mass is 9.83. The molecule has 2 heterocycles. The van der Waals surface area contributed by atoms with Crippen molar-refractivity contribution in [1.82, 2.24) is 10.2 Å². The van der Waals surface area contributed by atoms with Crippen LogP contribution in [0.4, 0.5) is 17.6 Å². The van der Waals surface area contributed by atoms with Gasteiger partial charge in [0.1, 0.15) is 11.4 Å². The Bertz CT molecular complexity index is 1040. The number of hydrogen-bond acceptors (Lipinski definition) is 3. The summed E-state index contributed by atoms with van der Waals surface area (Å²) in [5, 5.41) is 14.9. The molecule has 0 saturated carbocycles. The van der Waals surface area contributed by atoms with Gasteiger partial charge in [-0.1, -0.05) is 6.07 Å². The van der Waals surface area contributed by atoms with Gasteiger partial charge in [0.25, 0.3) is 12.9 Å². The van der Waals surface area contributed by atoms with Crippen LogP contribution in [0.5, 0.6) is 0 Å². The maximum atomic E-state index is 13.3. The Morgan fingerprint density at radius 3 is 2.58 bits per heavy atom. The molecule has 0 bridgehead atoms. The van der Waals surface area contributed by atoms with Crippen molar-refractivity contribution in [1.29, 1.82) is 5.41 Å². The molecule has 0 fully saturated rings. The van der Waals surface area contributed by atoms with Gasteiger partial charge in [-0.3, -0.25) is 15.5 Å². The highest BCUT2D eigenvalue weighted by Gasteiger charge is 2.38. The first-order chi connectivity index (χ1) is 12.4. The van der Waals surface area contributed by atoms with Gasteiger partial charge in [-0.15, -0.1) is 0 Å². The van der Waals surface area contributed by atoms with Gasteiger partial charge < -0.3 is 0 Å². The molecule has 2 N–H and O–H groups in total. The van der Waals surface area contributed by atoms with Crippen molar-refractivity contribution in [3.63, 3.8) is 0 Å². The van der Waals surface area contributed by atoms with Crippen molar-refractivity contribution in [2.75, 3.05) is 0 Å². The van der Waals surface area contributed by atoms with Crippen molar-refractivity contribution >= 4 is 22.5 Å². The fourth-order valence-corrected chi connectivity index (χ4v) is 2.92. The van der Waals surface area contributed by atoms with E-state index in [0.717, 1.165) is 0 Å². The molecule has 1 aromatic heterocycles. The molecule has 26 heavy (non-hydrogen) atoms. The summed E-state index contributed by atoms with van der Waals surface area (Å²) >= 11 is 0. The van der Waals surface area contributed by atoms with Crippen molar-refractivity contribution in [3.8, 4) is 0 Å². The van der Waals surface area contributed by atoms with E-state index in [4.69, 9.17) is 12.0 Å². The van der Waals surface area contributed by atoms with Crippen molar-refractivity contribution in [2.24, 2.45) is 4.99 Å². The number of allylic oxidation sites excluding steroid dienone is 2. The molecular formula is C17H11F4N5. The molecule has 132 valence electrons. The highest BCUT2D eigenvalue weighted by atomic mass is 19.3. The van der Waals surface area contributed by atoms with Crippen molar-refractivity contribution in [3.05, 3.63) is 57.8 Å². The van der Waals surface area contributed by atoms with E-state index in [9.17, 15) is 17.6 Å². The summed E-state index contributed by atoms with van der Waals surface area (Å²) in [7, 11) is 0. The minimum Gasteiger partial charge on any atom is -0.282 e. The Labute approximate surface area is 145 Å². The van der Waals surface area contributed by atoms with Crippen LogP contribution in [-0.4, -0.2) is 34.6 Å². The first-order valence-electron chi connectivity index (χ1n) is 7.40. The molecule has 1 aliphatic rings. The van der Waals surface area contributed by atoms with Crippen LogP contribution in [0.25, 0.3) is 15.7 Å². The van der Waals surface area contributed by atoms with Gasteiger partial charge >= 0.3 is 0 Å². The number of aliphatic imine (C=N–C) groups is 1. The van der Waals surface area contributed by atoms with Gasteiger partial charge in [0.05, 0.1) is 18.0 Å². The average molecular weight is 361 g/mol. The van der Waals surface area contributed by atoms with Crippen LogP contribution in [0.3, 0.4) is 0 Å². The number of benzene rings is 1. The summed E-state index contributed by atoms with van der Waals surface area (Å²) in [6.45, 7) is 9.02. The van der Waals surface area contributed by atoms with Crippen molar-refractivity contribution < 1.29 is 17.6 Å². The van der Waals surface area contributed by atoms with E-state index >= 15 is 0 Å². The van der Waals surface area contributed by atoms with E-state index in [1.807, 2.05) is 5.87 Å². The number of rotatable bonds is 3. The first-order valence-corrected chi connectivity index (χ1v) is 7.40. The van der Waals surface area contributed by atoms with Crippen LogP contribution in [0, 0.1) is 18.9 Å². The van der Waals surface area contributed by atoms with Crippen LogP contribution in [0.1, 0.15) is 17.2 Å². The SMILES string of the molecule is [C-]#[N+]C1=C(C(F)F)N=C(C(F)F)C(=C=N)C1c1ccc2n[nH]c(C)c2c1. The summed E-state index contributed by atoms with van der Waals surface area (Å²) in [6.07, 6.45) is -6.37. The third kappa shape index (κ3) is 2.70. The lowest BCUT2D eigenvalue weighted by Crippen LogP contribution is -2.26. The van der Waals surface area contributed by atoms with Gasteiger partial charge in [-0.25, -0.2) is 22.4 Å². The predicted octanol–water partition coefficient (Wildman–Crippen LogP) is 4.25. The van der Waals surface area contributed by atoms with E-state index in [2.05, 4.69) is 20.0 Å². The molecule has 0 saturated heterocycles. The van der Waals surface area contributed by atoms with E-state index in [1.165, 1.54) is 6.07 Å². The number of alkyl halides is 4. The summed E-state index contributed by atoms with van der Waals surface area (Å²) in [4.78, 5) is 6.40. The van der Waals surface area contributed by atoms with Crippen LogP contribution in [0.2, 0.25) is 0 Å². The average Bonchev–Trinajstić information content (AvgIpc) is 2.99. The molecule has 0 radical (unpaired) electrons. The smallest absolute Gasteiger partial charge is 0.281 e. The molecule has 5 nitrogen and oxygen atoms in total. The lowest BCUT2D eigenvalue weighted by molar-refractivity contribution is 0.184. The number of nitrogens with one attached hydrogen (secondary N) is 2. The normalized spacial score (nSPS) is 17.7. The maximum absolute atomic E-state index is 13.3. The lowest BCUT2D eigenvalue weighted by Gasteiger charge is -2.25. The number of fused-ring (bicyclic) bond motifs is 1. The second-order valence-corrected chi connectivity index (χ2v) is 5.58. The Kier molecular flexibility index (Phi) is 4.45. The minimum absolute atomic E-state index is 0.314. The predicted molar refractivity (Wildman–Crippen MR) is 87.9 cm³/mol. The summed E-state index contributed by atoms with van der Waals surface area (Å²) in [5.74, 6) is 0.605. The molecule has 1 unspecified atom stereocenters. The molecule has 9 heteroatoms. The molecular weight excluding hydrogens is 350 g/mol. The number of aryl methyl sites for hydroxylation is 1. The van der Waals surface area contributed by atoms with E-state index in [0.29, 0.717) is 22.2 Å². The molecule has 1 aromatic carbocycles. The summed E-state index contributed by atoms with van der Waals surface area (Å²) in [5.41, 5.74) is -1.22. The van der Waals surface area contributed by atoms with E-state index in [1.54, 1.807) is 19.1 Å². The number of nitrogens with zero attached hydrogens (tertiary/aromatic N) is 3. The third-order valence-corrected chi connectivity index (χ3v) is 4.11. The largest absolute Gasteiger partial charge is 0.282 e. The van der Waals surface area contributed by atoms with Crippen LogP contribution in [0.15, 0.2) is 40.2 Å². The van der Waals surface area contributed by atoms with Gasteiger partial charge in [-0.2, -0.15) is 5.10 Å². The number of aromatic amines is 1. The van der Waals surface area contributed by atoms with Crippen molar-refractivity contribution in [2.45, 2.75) is 25.7 Å². The second-order valence-electron chi connectivity index (χ2n) is 5.58. The fraction of sp³-hybridized carbons (Fsp3) is 0.235. The van der Waals surface area contributed by atoms with Gasteiger partial charge in [0.2, 0.25) is 5.70 Å². The molecule has 0 aliphatic carbocycles. The first kappa shape index (κ1) is 17.6. The zero-order valence-electron chi connectivity index (χ0n) is 13.3. The zero-order chi connectivity index (χ0) is 19.0. The van der Waals surface area contributed by atoms with E-state index in [-0.39, 0.29) is 0 Å². The quantitative estimate of drug-likeness (QED) is 0.479. The highest BCUT2D eigenvalue weighted by molar-refractivity contribution is 6.11. The molecule has 0 spiro atoms.